The molecule has 0 aromatic carbocycles. The minimum Gasteiger partial charge on any atom is -0.393 e. The Hall–Kier alpha value is -0.290. The van der Waals surface area contributed by atoms with Gasteiger partial charge in [-0.2, -0.15) is 13.2 Å². The summed E-state index contributed by atoms with van der Waals surface area (Å²) in [6.45, 7) is 1.43. The molecule has 12 heavy (non-hydrogen) atoms. The molecule has 1 N–H and O–H groups in total. The summed E-state index contributed by atoms with van der Waals surface area (Å²) in [7, 11) is 1.21. The van der Waals surface area contributed by atoms with Crippen molar-refractivity contribution in [3.8, 4) is 0 Å². The molecule has 0 heterocycles. The molecule has 0 rings (SSSR count). The molecule has 0 saturated heterocycles. The number of aliphatic hydroxyl groups excluding tert-OH is 1. The van der Waals surface area contributed by atoms with Crippen LogP contribution in [0.2, 0.25) is 0 Å². The van der Waals surface area contributed by atoms with Crippen molar-refractivity contribution in [2.75, 3.05) is 7.11 Å². The van der Waals surface area contributed by atoms with Gasteiger partial charge in [0.2, 0.25) is 0 Å². The van der Waals surface area contributed by atoms with Crippen molar-refractivity contribution in [3.63, 3.8) is 0 Å². The molecule has 74 valence electrons. The fourth-order valence-electron chi connectivity index (χ4n) is 0.902. The van der Waals surface area contributed by atoms with Crippen molar-refractivity contribution in [1.82, 2.24) is 0 Å². The summed E-state index contributed by atoms with van der Waals surface area (Å²) in [5.74, 6) is 0. The van der Waals surface area contributed by atoms with E-state index in [2.05, 4.69) is 4.74 Å². The Morgan fingerprint density at radius 1 is 1.42 bits per heavy atom. The second-order valence-electron chi connectivity index (χ2n) is 2.76. The maximum atomic E-state index is 11.8. The van der Waals surface area contributed by atoms with Gasteiger partial charge in [-0.25, -0.2) is 0 Å². The van der Waals surface area contributed by atoms with Crippen molar-refractivity contribution >= 4 is 0 Å². The number of halogens is 3. The Morgan fingerprint density at radius 2 is 1.92 bits per heavy atom. The van der Waals surface area contributed by atoms with Gasteiger partial charge in [-0.05, 0) is 13.3 Å². The van der Waals surface area contributed by atoms with E-state index in [9.17, 15) is 13.2 Å². The van der Waals surface area contributed by atoms with E-state index in [4.69, 9.17) is 5.11 Å². The van der Waals surface area contributed by atoms with Crippen molar-refractivity contribution < 1.29 is 23.0 Å². The van der Waals surface area contributed by atoms with Crippen LogP contribution in [-0.4, -0.2) is 30.6 Å². The summed E-state index contributed by atoms with van der Waals surface area (Å²) in [5, 5.41) is 8.80. The molecule has 2 atom stereocenters. The lowest BCUT2D eigenvalue weighted by Crippen LogP contribution is -2.24. The van der Waals surface area contributed by atoms with Gasteiger partial charge < -0.3 is 9.84 Å². The molecule has 2 nitrogen and oxygen atoms in total. The number of hydrogen-bond acceptors (Lipinski definition) is 2. The Balaban J connectivity index is 3.83. The third kappa shape index (κ3) is 6.42. The van der Waals surface area contributed by atoms with E-state index < -0.39 is 24.8 Å². The van der Waals surface area contributed by atoms with E-state index in [0.717, 1.165) is 0 Å². The highest BCUT2D eigenvalue weighted by molar-refractivity contribution is 4.66. The predicted molar refractivity (Wildman–Crippen MR) is 37.8 cm³/mol. The lowest BCUT2D eigenvalue weighted by Gasteiger charge is -2.18. The number of methoxy groups -OCH3 is 1. The third-order valence-corrected chi connectivity index (χ3v) is 1.40. The lowest BCUT2D eigenvalue weighted by molar-refractivity contribution is -0.160. The largest absolute Gasteiger partial charge is 0.393 e. The van der Waals surface area contributed by atoms with Crippen molar-refractivity contribution in [3.05, 3.63) is 0 Å². The van der Waals surface area contributed by atoms with Gasteiger partial charge >= 0.3 is 6.18 Å². The van der Waals surface area contributed by atoms with Crippen LogP contribution in [0.5, 0.6) is 0 Å². The first kappa shape index (κ1) is 11.7. The van der Waals surface area contributed by atoms with Crippen LogP contribution in [-0.2, 0) is 4.74 Å². The van der Waals surface area contributed by atoms with Crippen LogP contribution in [0, 0.1) is 0 Å². The highest BCUT2D eigenvalue weighted by atomic mass is 19.4. The minimum atomic E-state index is -4.23. The molecule has 0 spiro atoms. The molecule has 0 saturated carbocycles. The molecular weight excluding hydrogens is 173 g/mol. The second kappa shape index (κ2) is 4.67. The van der Waals surface area contributed by atoms with Gasteiger partial charge in [0.1, 0.15) is 0 Å². The van der Waals surface area contributed by atoms with Gasteiger partial charge in [0.25, 0.3) is 0 Å². The van der Waals surface area contributed by atoms with E-state index >= 15 is 0 Å². The fraction of sp³-hybridized carbons (Fsp3) is 1.00. The third-order valence-electron chi connectivity index (χ3n) is 1.40. The van der Waals surface area contributed by atoms with Crippen LogP contribution >= 0.6 is 0 Å². The lowest BCUT2D eigenvalue weighted by atomic mass is 10.1. The van der Waals surface area contributed by atoms with Crippen LogP contribution < -0.4 is 0 Å². The topological polar surface area (TPSA) is 29.5 Å². The maximum absolute atomic E-state index is 11.8. The average molecular weight is 186 g/mol. The molecule has 0 aromatic heterocycles. The molecule has 0 aliphatic carbocycles. The summed E-state index contributed by atoms with van der Waals surface area (Å²) < 4.78 is 39.9. The number of aliphatic hydroxyl groups is 1. The summed E-state index contributed by atoms with van der Waals surface area (Å²) in [6, 6.07) is 0. The van der Waals surface area contributed by atoms with E-state index in [0.29, 0.717) is 0 Å². The minimum absolute atomic E-state index is 0.00993. The van der Waals surface area contributed by atoms with Crippen molar-refractivity contribution in [2.24, 2.45) is 0 Å². The Labute approximate surface area is 69.3 Å². The summed E-state index contributed by atoms with van der Waals surface area (Å²) in [5.41, 5.74) is 0. The Bertz CT molecular complexity index is 122. The Kier molecular flexibility index (Phi) is 4.55. The van der Waals surface area contributed by atoms with E-state index in [1.54, 1.807) is 0 Å². The van der Waals surface area contributed by atoms with Crippen LogP contribution in [0.1, 0.15) is 19.8 Å². The maximum Gasteiger partial charge on any atom is 0.391 e. The van der Waals surface area contributed by atoms with Crippen LogP contribution in [0.3, 0.4) is 0 Å². The van der Waals surface area contributed by atoms with E-state index in [1.807, 2.05) is 0 Å². The first-order valence-corrected chi connectivity index (χ1v) is 3.62. The molecule has 2 unspecified atom stereocenters. The molecule has 0 amide bonds. The second-order valence-corrected chi connectivity index (χ2v) is 2.76. The van der Waals surface area contributed by atoms with Crippen LogP contribution in [0.4, 0.5) is 13.2 Å². The predicted octanol–water partition coefficient (Wildman–Crippen LogP) is 1.72. The number of hydrogen-bond donors (Lipinski definition) is 1. The van der Waals surface area contributed by atoms with Crippen molar-refractivity contribution in [2.45, 2.75) is 38.1 Å². The van der Waals surface area contributed by atoms with E-state index in [1.165, 1.54) is 14.0 Å². The van der Waals surface area contributed by atoms with Gasteiger partial charge in [-0.3, -0.25) is 0 Å². The van der Waals surface area contributed by atoms with Gasteiger partial charge in [-0.1, -0.05) is 0 Å². The molecule has 0 aromatic rings. The monoisotopic (exact) mass is 186 g/mol. The number of ether oxygens (including phenoxy) is 1. The molecule has 0 radical (unpaired) electrons. The first-order valence-electron chi connectivity index (χ1n) is 3.62. The molecule has 0 bridgehead atoms. The molecule has 0 aliphatic heterocycles. The average Bonchev–Trinajstić information content (AvgIpc) is 1.82. The smallest absolute Gasteiger partial charge is 0.391 e. The zero-order valence-corrected chi connectivity index (χ0v) is 7.06. The molecule has 0 aliphatic rings. The SMILES string of the molecule is COC(CC(C)O)CC(F)(F)F. The number of rotatable bonds is 4. The van der Waals surface area contributed by atoms with Crippen molar-refractivity contribution in [1.29, 1.82) is 0 Å². The van der Waals surface area contributed by atoms with Gasteiger partial charge in [-0.15, -0.1) is 0 Å². The van der Waals surface area contributed by atoms with Gasteiger partial charge in [0, 0.05) is 7.11 Å². The standard InChI is InChI=1S/C7H13F3O2/c1-5(11)3-6(12-2)4-7(8,9)10/h5-6,11H,3-4H2,1-2H3. The van der Waals surface area contributed by atoms with E-state index in [-0.39, 0.29) is 6.42 Å². The molecular formula is C7H13F3O2. The van der Waals surface area contributed by atoms with Crippen LogP contribution in [0.15, 0.2) is 0 Å². The van der Waals surface area contributed by atoms with Gasteiger partial charge in [0.15, 0.2) is 0 Å². The van der Waals surface area contributed by atoms with Gasteiger partial charge in [0.05, 0.1) is 18.6 Å². The quantitative estimate of drug-likeness (QED) is 0.724. The highest BCUT2D eigenvalue weighted by Gasteiger charge is 2.32. The normalized spacial score (nSPS) is 17.5. The number of alkyl halides is 3. The zero-order chi connectivity index (χ0) is 9.78. The first-order chi connectivity index (χ1) is 5.35. The van der Waals surface area contributed by atoms with Crippen LogP contribution in [0.25, 0.3) is 0 Å². The molecule has 0 fully saturated rings. The zero-order valence-electron chi connectivity index (χ0n) is 7.06. The summed E-state index contributed by atoms with van der Waals surface area (Å²) in [6.07, 6.45) is -6.93. The summed E-state index contributed by atoms with van der Waals surface area (Å²) >= 11 is 0. The molecule has 5 heteroatoms. The fourth-order valence-corrected chi connectivity index (χ4v) is 0.902. The Morgan fingerprint density at radius 3 is 2.17 bits per heavy atom. The summed E-state index contributed by atoms with van der Waals surface area (Å²) in [4.78, 5) is 0. The highest BCUT2D eigenvalue weighted by Crippen LogP contribution is 2.24.